The van der Waals surface area contributed by atoms with Crippen molar-refractivity contribution in [2.45, 2.75) is 25.4 Å². The van der Waals surface area contributed by atoms with Crippen molar-refractivity contribution in [3.63, 3.8) is 0 Å². The molecule has 1 aromatic heterocycles. The lowest BCUT2D eigenvalue weighted by Gasteiger charge is -2.04. The van der Waals surface area contributed by atoms with Gasteiger partial charge in [-0.1, -0.05) is 5.16 Å². The molecule has 0 amide bonds. The molecule has 1 N–H and O–H groups in total. The van der Waals surface area contributed by atoms with Crippen molar-refractivity contribution in [2.75, 3.05) is 6.61 Å². The van der Waals surface area contributed by atoms with Gasteiger partial charge in [0.25, 0.3) is 0 Å². The van der Waals surface area contributed by atoms with Gasteiger partial charge in [-0.05, 0) is 37.1 Å². The number of hydrogen-bond acceptors (Lipinski definition) is 6. The molecule has 0 saturated heterocycles. The number of rotatable bonds is 6. The maximum atomic E-state index is 12.4. The van der Waals surface area contributed by atoms with Crippen LogP contribution in [0.25, 0.3) is 11.4 Å². The Bertz CT molecular complexity index is 653. The smallest absolute Gasteiger partial charge is 0.427 e. The van der Waals surface area contributed by atoms with E-state index in [1.54, 1.807) is 0 Å². The fraction of sp³-hybridized carbons (Fsp3) is 0.357. The van der Waals surface area contributed by atoms with Gasteiger partial charge in [0.1, 0.15) is 5.75 Å². The van der Waals surface area contributed by atoms with E-state index >= 15 is 0 Å². The topological polar surface area (TPSA) is 85.5 Å². The highest BCUT2D eigenvalue weighted by Crippen LogP contribution is 2.29. The number of esters is 1. The lowest BCUT2D eigenvalue weighted by Crippen LogP contribution is -2.07. The highest BCUT2D eigenvalue weighted by Gasteiger charge is 2.38. The number of halogens is 3. The fourth-order valence-corrected chi connectivity index (χ4v) is 1.69. The van der Waals surface area contributed by atoms with E-state index in [0.29, 0.717) is 18.4 Å². The van der Waals surface area contributed by atoms with Crippen molar-refractivity contribution in [2.24, 2.45) is 0 Å². The minimum Gasteiger partial charge on any atom is -0.427 e. The summed E-state index contributed by atoms with van der Waals surface area (Å²) >= 11 is 0. The molecule has 23 heavy (non-hydrogen) atoms. The minimum atomic E-state index is -4.70. The van der Waals surface area contributed by atoms with Gasteiger partial charge in [0, 0.05) is 18.6 Å². The van der Waals surface area contributed by atoms with Crippen molar-refractivity contribution in [3.05, 3.63) is 30.2 Å². The summed E-state index contributed by atoms with van der Waals surface area (Å²) in [5.41, 5.74) is 0.296. The highest BCUT2D eigenvalue weighted by molar-refractivity contribution is 5.72. The Morgan fingerprint density at radius 2 is 1.91 bits per heavy atom. The van der Waals surface area contributed by atoms with Crippen LogP contribution in [-0.2, 0) is 11.0 Å². The molecule has 0 unspecified atom stereocenters. The number of benzene rings is 1. The predicted octanol–water partition coefficient (Wildman–Crippen LogP) is 2.82. The largest absolute Gasteiger partial charge is 0.471 e. The second-order valence-electron chi connectivity index (χ2n) is 4.60. The number of nitrogens with zero attached hydrogens (tertiary/aromatic N) is 2. The monoisotopic (exact) mass is 330 g/mol. The third kappa shape index (κ3) is 4.78. The van der Waals surface area contributed by atoms with E-state index < -0.39 is 18.0 Å². The molecule has 0 saturated carbocycles. The Hall–Kier alpha value is -2.42. The number of carbonyl (C=O) groups excluding carboxylic acids is 1. The summed E-state index contributed by atoms with van der Waals surface area (Å²) < 4.78 is 46.3. The number of aliphatic hydroxyl groups is 1. The van der Waals surface area contributed by atoms with Crippen molar-refractivity contribution >= 4 is 5.97 Å². The number of carbonyl (C=O) groups is 1. The number of aliphatic hydroxyl groups excluding tert-OH is 1. The van der Waals surface area contributed by atoms with E-state index in [2.05, 4.69) is 14.7 Å². The average Bonchev–Trinajstić information content (AvgIpc) is 2.98. The van der Waals surface area contributed by atoms with E-state index in [4.69, 9.17) is 9.84 Å². The average molecular weight is 330 g/mol. The van der Waals surface area contributed by atoms with Crippen molar-refractivity contribution in [1.82, 2.24) is 10.1 Å². The zero-order valence-corrected chi connectivity index (χ0v) is 11.8. The molecule has 6 nitrogen and oxygen atoms in total. The van der Waals surface area contributed by atoms with Gasteiger partial charge in [0.15, 0.2) is 0 Å². The first-order valence-corrected chi connectivity index (χ1v) is 6.73. The Kier molecular flexibility index (Phi) is 5.32. The third-order valence-electron chi connectivity index (χ3n) is 2.80. The first-order chi connectivity index (χ1) is 10.9. The van der Waals surface area contributed by atoms with Gasteiger partial charge in [-0.2, -0.15) is 18.2 Å². The molecule has 2 rings (SSSR count). The third-order valence-corrected chi connectivity index (χ3v) is 2.80. The Labute approximate surface area is 128 Å². The summed E-state index contributed by atoms with van der Waals surface area (Å²) in [6, 6.07) is 5.68. The SMILES string of the molecule is O=C(CCCCO)Oc1ccc(-c2noc(C(F)(F)F)n2)cc1. The van der Waals surface area contributed by atoms with Crippen LogP contribution in [0.2, 0.25) is 0 Å². The summed E-state index contributed by atoms with van der Waals surface area (Å²) in [6.45, 7) is 0.00654. The normalized spacial score (nSPS) is 11.5. The Balaban J connectivity index is 1.99. The maximum absolute atomic E-state index is 12.4. The van der Waals surface area contributed by atoms with Crippen LogP contribution >= 0.6 is 0 Å². The summed E-state index contributed by atoms with van der Waals surface area (Å²) in [5.74, 6) is -1.84. The molecule has 124 valence electrons. The quantitative estimate of drug-likeness (QED) is 0.498. The van der Waals surface area contributed by atoms with Crippen molar-refractivity contribution < 1.29 is 32.3 Å². The molecular formula is C14H13F3N2O4. The zero-order valence-electron chi connectivity index (χ0n) is 11.8. The highest BCUT2D eigenvalue weighted by atomic mass is 19.4. The number of alkyl halides is 3. The lowest BCUT2D eigenvalue weighted by atomic mass is 10.2. The van der Waals surface area contributed by atoms with Gasteiger partial charge < -0.3 is 14.4 Å². The van der Waals surface area contributed by atoms with Crippen LogP contribution in [0.3, 0.4) is 0 Å². The van der Waals surface area contributed by atoms with Gasteiger partial charge in [-0.25, -0.2) is 0 Å². The van der Waals surface area contributed by atoms with Crippen LogP contribution in [0.4, 0.5) is 13.2 Å². The molecule has 1 aromatic carbocycles. The Morgan fingerprint density at radius 1 is 1.22 bits per heavy atom. The van der Waals surface area contributed by atoms with E-state index in [0.717, 1.165) is 0 Å². The molecular weight excluding hydrogens is 317 g/mol. The van der Waals surface area contributed by atoms with Crippen LogP contribution in [-0.4, -0.2) is 27.8 Å². The summed E-state index contributed by atoms with van der Waals surface area (Å²) in [5, 5.41) is 11.9. The first kappa shape index (κ1) is 16.9. The standard InChI is InChI=1S/C14H13F3N2O4/c15-14(16,17)13-18-12(19-23-13)9-4-6-10(7-5-9)22-11(21)3-1-2-8-20/h4-7,20H,1-3,8H2. The van der Waals surface area contributed by atoms with E-state index in [1.165, 1.54) is 24.3 Å². The van der Waals surface area contributed by atoms with Crippen LogP contribution < -0.4 is 4.74 Å². The van der Waals surface area contributed by atoms with Gasteiger partial charge in [-0.15, -0.1) is 0 Å². The van der Waals surface area contributed by atoms with Crippen LogP contribution in [0.1, 0.15) is 25.2 Å². The minimum absolute atomic E-state index is 0.00654. The van der Waals surface area contributed by atoms with Gasteiger partial charge in [0.2, 0.25) is 5.82 Å². The van der Waals surface area contributed by atoms with E-state index in [1.807, 2.05) is 0 Å². The Morgan fingerprint density at radius 3 is 2.48 bits per heavy atom. The maximum Gasteiger partial charge on any atom is 0.471 e. The van der Waals surface area contributed by atoms with Gasteiger partial charge >= 0.3 is 18.0 Å². The van der Waals surface area contributed by atoms with Crippen LogP contribution in [0.15, 0.2) is 28.8 Å². The van der Waals surface area contributed by atoms with Crippen molar-refractivity contribution in [3.8, 4) is 17.1 Å². The lowest BCUT2D eigenvalue weighted by molar-refractivity contribution is -0.159. The van der Waals surface area contributed by atoms with Gasteiger partial charge in [0.05, 0.1) is 0 Å². The molecule has 9 heteroatoms. The molecule has 0 aliphatic carbocycles. The van der Waals surface area contributed by atoms with Crippen LogP contribution in [0, 0.1) is 0 Å². The van der Waals surface area contributed by atoms with E-state index in [-0.39, 0.29) is 24.6 Å². The fourth-order valence-electron chi connectivity index (χ4n) is 1.69. The molecule has 0 fully saturated rings. The van der Waals surface area contributed by atoms with Crippen LogP contribution in [0.5, 0.6) is 5.75 Å². The van der Waals surface area contributed by atoms with E-state index in [9.17, 15) is 18.0 Å². The molecule has 1 heterocycles. The molecule has 2 aromatic rings. The number of ether oxygens (including phenoxy) is 1. The molecule has 0 bridgehead atoms. The number of unbranched alkanes of at least 4 members (excludes halogenated alkanes) is 1. The second-order valence-corrected chi connectivity index (χ2v) is 4.60. The number of hydrogen-bond donors (Lipinski definition) is 1. The second kappa shape index (κ2) is 7.23. The number of aromatic nitrogens is 2. The molecule has 0 spiro atoms. The zero-order chi connectivity index (χ0) is 16.9. The molecule has 0 radical (unpaired) electrons. The summed E-state index contributed by atoms with van der Waals surface area (Å²) in [4.78, 5) is 14.7. The summed E-state index contributed by atoms with van der Waals surface area (Å²) in [7, 11) is 0. The molecule has 0 atom stereocenters. The van der Waals surface area contributed by atoms with Crippen molar-refractivity contribution in [1.29, 1.82) is 0 Å². The molecule has 0 aliphatic rings. The first-order valence-electron chi connectivity index (χ1n) is 6.73. The predicted molar refractivity (Wildman–Crippen MR) is 71.3 cm³/mol. The summed E-state index contributed by atoms with van der Waals surface area (Å²) in [6.07, 6.45) is -3.51. The molecule has 0 aliphatic heterocycles. The van der Waals surface area contributed by atoms with Gasteiger partial charge in [-0.3, -0.25) is 4.79 Å².